The zero-order valence-corrected chi connectivity index (χ0v) is 17.3. The van der Waals surface area contributed by atoms with Crippen molar-refractivity contribution >= 4 is 23.4 Å². The highest BCUT2D eigenvalue weighted by atomic mass is 35.5. The van der Waals surface area contributed by atoms with Crippen LogP contribution in [0.25, 0.3) is 0 Å². The molecule has 0 fully saturated rings. The van der Waals surface area contributed by atoms with Crippen molar-refractivity contribution in [3.05, 3.63) is 64.7 Å². The Morgan fingerprint density at radius 3 is 2.39 bits per heavy atom. The van der Waals surface area contributed by atoms with Gasteiger partial charge in [0.25, 0.3) is 5.91 Å². The van der Waals surface area contributed by atoms with Crippen LogP contribution in [0.3, 0.4) is 0 Å². The summed E-state index contributed by atoms with van der Waals surface area (Å²) in [7, 11) is 0. The molecule has 2 aromatic carbocycles. The van der Waals surface area contributed by atoms with E-state index in [0.717, 1.165) is 11.1 Å². The van der Waals surface area contributed by atoms with Gasteiger partial charge in [0.1, 0.15) is 11.8 Å². The summed E-state index contributed by atoms with van der Waals surface area (Å²) in [5.74, 6) is 0.169. The van der Waals surface area contributed by atoms with E-state index >= 15 is 0 Å². The molecule has 1 atom stereocenters. The molecule has 0 heterocycles. The van der Waals surface area contributed by atoms with Crippen molar-refractivity contribution in [2.45, 2.75) is 39.8 Å². The Labute approximate surface area is 171 Å². The van der Waals surface area contributed by atoms with Crippen molar-refractivity contribution in [3.8, 4) is 5.75 Å². The first-order valence-electron chi connectivity index (χ1n) is 9.46. The molecule has 28 heavy (non-hydrogen) atoms. The van der Waals surface area contributed by atoms with Crippen LogP contribution in [0.2, 0.25) is 5.02 Å². The summed E-state index contributed by atoms with van der Waals surface area (Å²) in [6.45, 7) is 6.32. The number of amides is 2. The molecule has 0 aliphatic rings. The lowest BCUT2D eigenvalue weighted by Crippen LogP contribution is -2.50. The number of nitrogens with one attached hydrogen (secondary N) is 1. The van der Waals surface area contributed by atoms with Gasteiger partial charge in [-0.05, 0) is 44.0 Å². The lowest BCUT2D eigenvalue weighted by atomic mass is 10.1. The number of aryl methyl sites for hydroxylation is 1. The Morgan fingerprint density at radius 2 is 1.79 bits per heavy atom. The number of benzene rings is 2. The molecule has 2 aromatic rings. The fraction of sp³-hybridized carbons (Fsp3) is 0.364. The standard InChI is InChI=1S/C22H27ClN2O3/c1-4-20(22(27)24-5-2)25(14-17-8-6-7-9-19(17)23)21(26)15-28-18-12-10-16(3)11-13-18/h6-13,20H,4-5,14-15H2,1-3H3,(H,24,27). The monoisotopic (exact) mass is 402 g/mol. The zero-order valence-electron chi connectivity index (χ0n) is 16.6. The third-order valence-corrected chi connectivity index (χ3v) is 4.79. The third kappa shape index (κ3) is 5.99. The van der Waals surface area contributed by atoms with Crippen molar-refractivity contribution in [3.63, 3.8) is 0 Å². The molecule has 0 saturated carbocycles. The number of hydrogen-bond donors (Lipinski definition) is 1. The number of nitrogens with zero attached hydrogens (tertiary/aromatic N) is 1. The highest BCUT2D eigenvalue weighted by Crippen LogP contribution is 2.20. The second-order valence-corrected chi connectivity index (χ2v) is 6.94. The van der Waals surface area contributed by atoms with Gasteiger partial charge in [0.15, 0.2) is 6.61 Å². The fourth-order valence-electron chi connectivity index (χ4n) is 2.88. The van der Waals surface area contributed by atoms with Gasteiger partial charge in [-0.2, -0.15) is 0 Å². The number of carbonyl (C=O) groups is 2. The fourth-order valence-corrected chi connectivity index (χ4v) is 3.08. The summed E-state index contributed by atoms with van der Waals surface area (Å²) < 4.78 is 5.65. The molecule has 0 spiro atoms. The van der Waals surface area contributed by atoms with Crippen LogP contribution < -0.4 is 10.1 Å². The summed E-state index contributed by atoms with van der Waals surface area (Å²) >= 11 is 6.28. The number of halogens is 1. The van der Waals surface area contributed by atoms with Crippen LogP contribution in [0, 0.1) is 6.92 Å². The van der Waals surface area contributed by atoms with Crippen LogP contribution in [-0.4, -0.2) is 35.9 Å². The molecule has 1 N–H and O–H groups in total. The van der Waals surface area contributed by atoms with Gasteiger partial charge in [0.2, 0.25) is 5.91 Å². The van der Waals surface area contributed by atoms with Crippen LogP contribution in [0.1, 0.15) is 31.4 Å². The maximum Gasteiger partial charge on any atom is 0.261 e. The van der Waals surface area contributed by atoms with E-state index in [-0.39, 0.29) is 25.0 Å². The Kier molecular flexibility index (Phi) is 8.33. The summed E-state index contributed by atoms with van der Waals surface area (Å²) in [6.07, 6.45) is 0.493. The molecular formula is C22H27ClN2O3. The average molecular weight is 403 g/mol. The predicted octanol–water partition coefficient (Wildman–Crippen LogP) is 3.97. The van der Waals surface area contributed by atoms with Crippen molar-refractivity contribution < 1.29 is 14.3 Å². The Bertz CT molecular complexity index is 793. The van der Waals surface area contributed by atoms with E-state index in [9.17, 15) is 9.59 Å². The quantitative estimate of drug-likeness (QED) is 0.690. The summed E-state index contributed by atoms with van der Waals surface area (Å²) in [6, 6.07) is 14.2. The van der Waals surface area contributed by atoms with E-state index in [4.69, 9.17) is 16.3 Å². The second-order valence-electron chi connectivity index (χ2n) is 6.53. The number of ether oxygens (including phenoxy) is 1. The Balaban J connectivity index is 2.20. The Hall–Kier alpha value is -2.53. The molecule has 5 nitrogen and oxygen atoms in total. The first-order chi connectivity index (χ1) is 13.5. The van der Waals surface area contributed by atoms with Crippen LogP contribution in [0.15, 0.2) is 48.5 Å². The summed E-state index contributed by atoms with van der Waals surface area (Å²) in [4.78, 5) is 27.1. The minimum Gasteiger partial charge on any atom is -0.484 e. The van der Waals surface area contributed by atoms with E-state index in [2.05, 4.69) is 5.32 Å². The largest absolute Gasteiger partial charge is 0.484 e. The first-order valence-corrected chi connectivity index (χ1v) is 9.84. The minimum atomic E-state index is -0.592. The maximum atomic E-state index is 13.0. The third-order valence-electron chi connectivity index (χ3n) is 4.42. The van der Waals surface area contributed by atoms with E-state index in [1.807, 2.05) is 63.2 Å². The van der Waals surface area contributed by atoms with Crippen molar-refractivity contribution in [2.75, 3.05) is 13.2 Å². The van der Waals surface area contributed by atoms with Crippen molar-refractivity contribution in [1.82, 2.24) is 10.2 Å². The van der Waals surface area contributed by atoms with Gasteiger partial charge in [-0.25, -0.2) is 0 Å². The highest BCUT2D eigenvalue weighted by Gasteiger charge is 2.29. The number of hydrogen-bond acceptors (Lipinski definition) is 3. The highest BCUT2D eigenvalue weighted by molar-refractivity contribution is 6.31. The molecule has 0 bridgehead atoms. The molecule has 6 heteroatoms. The molecule has 0 aromatic heterocycles. The first kappa shape index (κ1) is 21.8. The molecular weight excluding hydrogens is 376 g/mol. The molecule has 0 radical (unpaired) electrons. The summed E-state index contributed by atoms with van der Waals surface area (Å²) in [5, 5.41) is 3.37. The number of rotatable bonds is 9. The van der Waals surface area contributed by atoms with E-state index in [1.54, 1.807) is 11.0 Å². The van der Waals surface area contributed by atoms with E-state index < -0.39 is 6.04 Å². The van der Waals surface area contributed by atoms with Crippen molar-refractivity contribution in [2.24, 2.45) is 0 Å². The summed E-state index contributed by atoms with van der Waals surface area (Å²) in [5.41, 5.74) is 1.90. The second kappa shape index (κ2) is 10.7. The van der Waals surface area contributed by atoms with Crippen molar-refractivity contribution in [1.29, 1.82) is 0 Å². The van der Waals surface area contributed by atoms with Crippen LogP contribution in [0.4, 0.5) is 0 Å². The van der Waals surface area contributed by atoms with Gasteiger partial charge in [-0.3, -0.25) is 9.59 Å². The lowest BCUT2D eigenvalue weighted by molar-refractivity contribution is -0.142. The normalized spacial score (nSPS) is 11.6. The molecule has 0 saturated heterocycles. The van der Waals surface area contributed by atoms with Crippen LogP contribution in [0.5, 0.6) is 5.75 Å². The van der Waals surface area contributed by atoms with Gasteiger partial charge < -0.3 is 15.0 Å². The molecule has 2 amide bonds. The van der Waals surface area contributed by atoms with Crippen LogP contribution >= 0.6 is 11.6 Å². The maximum absolute atomic E-state index is 13.0. The number of likely N-dealkylation sites (N-methyl/N-ethyl adjacent to an activating group) is 1. The smallest absolute Gasteiger partial charge is 0.261 e. The zero-order chi connectivity index (χ0) is 20.5. The van der Waals surface area contributed by atoms with Gasteiger partial charge in [-0.1, -0.05) is 54.4 Å². The predicted molar refractivity (Wildman–Crippen MR) is 111 cm³/mol. The van der Waals surface area contributed by atoms with Gasteiger partial charge >= 0.3 is 0 Å². The SMILES string of the molecule is CCNC(=O)C(CC)N(Cc1ccccc1Cl)C(=O)COc1ccc(C)cc1. The Morgan fingerprint density at radius 1 is 1.11 bits per heavy atom. The average Bonchev–Trinajstić information content (AvgIpc) is 2.69. The molecule has 0 aliphatic heterocycles. The van der Waals surface area contributed by atoms with Gasteiger partial charge in [0.05, 0.1) is 0 Å². The molecule has 0 aliphatic carbocycles. The topological polar surface area (TPSA) is 58.6 Å². The van der Waals surface area contributed by atoms with Gasteiger partial charge in [-0.15, -0.1) is 0 Å². The minimum absolute atomic E-state index is 0.149. The van der Waals surface area contributed by atoms with E-state index in [0.29, 0.717) is 23.7 Å². The number of carbonyl (C=O) groups excluding carboxylic acids is 2. The van der Waals surface area contributed by atoms with Gasteiger partial charge in [0, 0.05) is 18.1 Å². The molecule has 2 rings (SSSR count). The van der Waals surface area contributed by atoms with E-state index in [1.165, 1.54) is 0 Å². The molecule has 150 valence electrons. The van der Waals surface area contributed by atoms with Crippen LogP contribution in [-0.2, 0) is 16.1 Å². The molecule has 1 unspecified atom stereocenters. The lowest BCUT2D eigenvalue weighted by Gasteiger charge is -2.30.